The van der Waals surface area contributed by atoms with E-state index in [9.17, 15) is 4.79 Å². The van der Waals surface area contributed by atoms with Gasteiger partial charge in [-0.2, -0.15) is 5.26 Å². The monoisotopic (exact) mass is 347 g/mol. The Kier molecular flexibility index (Phi) is 5.64. The molecule has 0 unspecified atom stereocenters. The topological polar surface area (TPSA) is 59.3 Å². The Labute approximate surface area is 143 Å². The summed E-state index contributed by atoms with van der Waals surface area (Å²) >= 11 is 11.7. The standard InChI is InChI=1S/C17H11Cl2NO3/c1-22-16-9-11(3-2-8-20)4-7-15(16)23-17(21)12-5-6-13(18)14(19)10-12/h2-7,9-10H,1H3/b3-2-. The van der Waals surface area contributed by atoms with Crippen LogP contribution in [0.5, 0.6) is 11.5 Å². The van der Waals surface area contributed by atoms with Crippen LogP contribution in [0.2, 0.25) is 10.0 Å². The van der Waals surface area contributed by atoms with Crippen LogP contribution in [0.4, 0.5) is 0 Å². The molecule has 0 N–H and O–H groups in total. The van der Waals surface area contributed by atoms with Gasteiger partial charge in [0.05, 0.1) is 28.8 Å². The van der Waals surface area contributed by atoms with Crippen molar-refractivity contribution in [2.24, 2.45) is 0 Å². The SMILES string of the molecule is COc1cc(/C=C\C#N)ccc1OC(=O)c1ccc(Cl)c(Cl)c1. The van der Waals surface area contributed by atoms with Gasteiger partial charge < -0.3 is 9.47 Å². The summed E-state index contributed by atoms with van der Waals surface area (Å²) in [6.07, 6.45) is 2.96. The lowest BCUT2D eigenvalue weighted by Gasteiger charge is -2.10. The fourth-order valence-corrected chi connectivity index (χ4v) is 2.09. The molecule has 0 aliphatic heterocycles. The number of rotatable bonds is 4. The molecule has 0 saturated heterocycles. The summed E-state index contributed by atoms with van der Waals surface area (Å²) in [6, 6.07) is 11.3. The van der Waals surface area contributed by atoms with Gasteiger partial charge in [-0.05, 0) is 42.0 Å². The number of esters is 1. The van der Waals surface area contributed by atoms with Crippen molar-refractivity contribution in [2.45, 2.75) is 0 Å². The number of nitrogens with zero attached hydrogens (tertiary/aromatic N) is 1. The largest absolute Gasteiger partial charge is 0.493 e. The molecule has 0 heterocycles. The fraction of sp³-hybridized carbons (Fsp3) is 0.0588. The molecule has 0 radical (unpaired) electrons. The highest BCUT2D eigenvalue weighted by Gasteiger charge is 2.14. The molecule has 0 saturated carbocycles. The van der Waals surface area contributed by atoms with E-state index in [1.807, 2.05) is 6.07 Å². The zero-order valence-corrected chi connectivity index (χ0v) is 13.6. The predicted octanol–water partition coefficient (Wildman–Crippen LogP) is 4.76. The molecule has 2 aromatic carbocycles. The molecule has 0 atom stereocenters. The Morgan fingerprint density at radius 2 is 1.91 bits per heavy atom. The fourth-order valence-electron chi connectivity index (χ4n) is 1.79. The smallest absolute Gasteiger partial charge is 0.343 e. The van der Waals surface area contributed by atoms with E-state index in [-0.39, 0.29) is 16.3 Å². The average molecular weight is 348 g/mol. The quantitative estimate of drug-likeness (QED) is 0.454. The van der Waals surface area contributed by atoms with E-state index in [0.29, 0.717) is 10.8 Å². The third-order valence-electron chi connectivity index (χ3n) is 2.90. The summed E-state index contributed by atoms with van der Waals surface area (Å²) in [5, 5.41) is 9.16. The van der Waals surface area contributed by atoms with Crippen LogP contribution in [-0.4, -0.2) is 13.1 Å². The highest BCUT2D eigenvalue weighted by atomic mass is 35.5. The number of halogens is 2. The van der Waals surface area contributed by atoms with Gasteiger partial charge in [-0.15, -0.1) is 0 Å². The van der Waals surface area contributed by atoms with Crippen LogP contribution in [0.15, 0.2) is 42.5 Å². The summed E-state index contributed by atoms with van der Waals surface area (Å²) in [4.78, 5) is 12.2. The molecule has 0 bridgehead atoms. The van der Waals surface area contributed by atoms with Crippen molar-refractivity contribution in [3.8, 4) is 17.6 Å². The van der Waals surface area contributed by atoms with Gasteiger partial charge in [0.25, 0.3) is 0 Å². The number of benzene rings is 2. The number of methoxy groups -OCH3 is 1. The molecule has 2 rings (SSSR count). The number of carbonyl (C=O) groups is 1. The van der Waals surface area contributed by atoms with Gasteiger partial charge in [0.2, 0.25) is 0 Å². The Bertz CT molecular complexity index is 810. The summed E-state index contributed by atoms with van der Waals surface area (Å²) in [6.45, 7) is 0. The van der Waals surface area contributed by atoms with Crippen LogP contribution < -0.4 is 9.47 Å². The van der Waals surface area contributed by atoms with Crippen molar-refractivity contribution >= 4 is 35.2 Å². The average Bonchev–Trinajstić information content (AvgIpc) is 2.56. The Morgan fingerprint density at radius 3 is 2.57 bits per heavy atom. The maximum Gasteiger partial charge on any atom is 0.343 e. The Hall–Kier alpha value is -2.48. The lowest BCUT2D eigenvalue weighted by molar-refractivity contribution is 0.0729. The number of allylic oxidation sites excluding steroid dienone is 1. The van der Waals surface area contributed by atoms with Crippen LogP contribution in [0.1, 0.15) is 15.9 Å². The highest BCUT2D eigenvalue weighted by Crippen LogP contribution is 2.30. The first-order chi connectivity index (χ1) is 11.0. The molecule has 0 aliphatic carbocycles. The maximum absolute atomic E-state index is 12.2. The van der Waals surface area contributed by atoms with Gasteiger partial charge in [0.1, 0.15) is 0 Å². The third kappa shape index (κ3) is 4.26. The van der Waals surface area contributed by atoms with Gasteiger partial charge in [-0.3, -0.25) is 0 Å². The predicted molar refractivity (Wildman–Crippen MR) is 89.1 cm³/mol. The number of hydrogen-bond donors (Lipinski definition) is 0. The van der Waals surface area contributed by atoms with E-state index in [1.54, 1.807) is 24.3 Å². The maximum atomic E-state index is 12.2. The Balaban J connectivity index is 2.25. The van der Waals surface area contributed by atoms with E-state index < -0.39 is 5.97 Å². The molecular formula is C17H11Cl2NO3. The molecule has 0 aliphatic rings. The van der Waals surface area contributed by atoms with Gasteiger partial charge in [-0.25, -0.2) is 4.79 Å². The summed E-state index contributed by atoms with van der Waals surface area (Å²) in [5.41, 5.74) is 1.02. The van der Waals surface area contributed by atoms with E-state index in [4.69, 9.17) is 37.9 Å². The van der Waals surface area contributed by atoms with Crippen molar-refractivity contribution in [1.29, 1.82) is 5.26 Å². The first-order valence-corrected chi connectivity index (χ1v) is 7.22. The van der Waals surface area contributed by atoms with Gasteiger partial charge in [-0.1, -0.05) is 29.3 Å². The van der Waals surface area contributed by atoms with E-state index in [1.165, 1.54) is 31.4 Å². The first-order valence-electron chi connectivity index (χ1n) is 6.46. The van der Waals surface area contributed by atoms with Gasteiger partial charge in [0.15, 0.2) is 11.5 Å². The number of ether oxygens (including phenoxy) is 2. The minimum Gasteiger partial charge on any atom is -0.493 e. The number of nitriles is 1. The molecule has 2 aromatic rings. The van der Waals surface area contributed by atoms with E-state index in [0.717, 1.165) is 5.56 Å². The molecule has 0 amide bonds. The minimum absolute atomic E-state index is 0.262. The molecule has 4 nitrogen and oxygen atoms in total. The lowest BCUT2D eigenvalue weighted by Crippen LogP contribution is -2.09. The van der Waals surface area contributed by atoms with Crippen LogP contribution in [0.3, 0.4) is 0 Å². The van der Waals surface area contributed by atoms with Crippen LogP contribution in [0.25, 0.3) is 6.08 Å². The van der Waals surface area contributed by atoms with Gasteiger partial charge >= 0.3 is 5.97 Å². The second-order valence-electron chi connectivity index (χ2n) is 4.39. The molecular weight excluding hydrogens is 337 g/mol. The number of hydrogen-bond acceptors (Lipinski definition) is 4. The second-order valence-corrected chi connectivity index (χ2v) is 5.21. The summed E-state index contributed by atoms with van der Waals surface area (Å²) < 4.78 is 10.5. The van der Waals surface area contributed by atoms with E-state index in [2.05, 4.69) is 0 Å². The third-order valence-corrected chi connectivity index (χ3v) is 3.63. The zero-order valence-electron chi connectivity index (χ0n) is 12.0. The van der Waals surface area contributed by atoms with Crippen molar-refractivity contribution in [3.63, 3.8) is 0 Å². The molecule has 6 heteroatoms. The summed E-state index contributed by atoms with van der Waals surface area (Å²) in [7, 11) is 1.46. The molecule has 0 aromatic heterocycles. The highest BCUT2D eigenvalue weighted by molar-refractivity contribution is 6.42. The number of carbonyl (C=O) groups excluding carboxylic acids is 1. The zero-order chi connectivity index (χ0) is 16.8. The van der Waals surface area contributed by atoms with Gasteiger partial charge in [0, 0.05) is 6.08 Å². The van der Waals surface area contributed by atoms with E-state index >= 15 is 0 Å². The normalized spacial score (nSPS) is 10.3. The van der Waals surface area contributed by atoms with Crippen LogP contribution in [-0.2, 0) is 0 Å². The Morgan fingerprint density at radius 1 is 1.13 bits per heavy atom. The molecule has 116 valence electrons. The lowest BCUT2D eigenvalue weighted by atomic mass is 10.2. The van der Waals surface area contributed by atoms with Crippen LogP contribution in [0, 0.1) is 11.3 Å². The van der Waals surface area contributed by atoms with Crippen molar-refractivity contribution < 1.29 is 14.3 Å². The summed E-state index contributed by atoms with van der Waals surface area (Å²) in [5.74, 6) is 0.0540. The molecule has 0 fully saturated rings. The molecule has 0 spiro atoms. The molecule has 23 heavy (non-hydrogen) atoms. The first kappa shape index (κ1) is 16.9. The van der Waals surface area contributed by atoms with Crippen molar-refractivity contribution in [2.75, 3.05) is 7.11 Å². The van der Waals surface area contributed by atoms with Crippen LogP contribution >= 0.6 is 23.2 Å². The van der Waals surface area contributed by atoms with Crippen molar-refractivity contribution in [3.05, 3.63) is 63.6 Å². The van der Waals surface area contributed by atoms with Crippen molar-refractivity contribution in [1.82, 2.24) is 0 Å². The minimum atomic E-state index is -0.581. The second kappa shape index (κ2) is 7.68.